The van der Waals surface area contributed by atoms with Crippen molar-refractivity contribution in [2.75, 3.05) is 5.75 Å². The molecular weight excluding hydrogens is 348 g/mol. The van der Waals surface area contributed by atoms with Crippen LogP contribution < -0.4 is 4.74 Å². The van der Waals surface area contributed by atoms with Crippen molar-refractivity contribution < 1.29 is 17.9 Å². The molecule has 0 fully saturated rings. The maximum Gasteiger partial charge on any atom is 0.312 e. The van der Waals surface area contributed by atoms with E-state index in [2.05, 4.69) is 0 Å². The second kappa shape index (κ2) is 7.36. The van der Waals surface area contributed by atoms with Crippen molar-refractivity contribution in [1.82, 2.24) is 0 Å². The van der Waals surface area contributed by atoms with E-state index in [-0.39, 0.29) is 17.1 Å². The predicted molar refractivity (Wildman–Crippen MR) is 94.4 cm³/mol. The highest BCUT2D eigenvalue weighted by Gasteiger charge is 2.18. The van der Waals surface area contributed by atoms with E-state index in [1.165, 1.54) is 24.3 Å². The second-order valence-corrected chi connectivity index (χ2v) is 8.27. The van der Waals surface area contributed by atoms with Gasteiger partial charge >= 0.3 is 5.97 Å². The summed E-state index contributed by atoms with van der Waals surface area (Å²) >= 11 is 5.75. The van der Waals surface area contributed by atoms with Crippen LogP contribution in [0.2, 0.25) is 5.02 Å². The minimum absolute atomic E-state index is 0.141. The van der Waals surface area contributed by atoms with Gasteiger partial charge in [-0.2, -0.15) is 0 Å². The molecule has 2 aromatic rings. The molecule has 0 atom stereocenters. The molecule has 0 aliphatic heterocycles. The van der Waals surface area contributed by atoms with Crippen LogP contribution in [0.25, 0.3) is 0 Å². The van der Waals surface area contributed by atoms with Crippen molar-refractivity contribution in [3.8, 4) is 5.75 Å². The van der Waals surface area contributed by atoms with E-state index in [4.69, 9.17) is 16.3 Å². The number of halogens is 1. The van der Waals surface area contributed by atoms with E-state index in [1.54, 1.807) is 0 Å². The number of carbonyl (C=O) groups excluding carboxylic acids is 1. The molecule has 2 aromatic carbocycles. The van der Waals surface area contributed by atoms with Gasteiger partial charge < -0.3 is 4.74 Å². The molecule has 128 valence electrons. The van der Waals surface area contributed by atoms with Crippen molar-refractivity contribution in [3.05, 3.63) is 58.1 Å². The molecular formula is C18H19ClO4S. The molecule has 6 heteroatoms. The number of esters is 1. The third kappa shape index (κ3) is 4.58. The molecule has 0 saturated heterocycles. The Kier molecular flexibility index (Phi) is 5.67. The molecule has 0 heterocycles. The summed E-state index contributed by atoms with van der Waals surface area (Å²) in [7, 11) is -3.55. The molecule has 0 saturated carbocycles. The van der Waals surface area contributed by atoms with Crippen LogP contribution in [0.15, 0.2) is 41.3 Å². The third-order valence-corrected chi connectivity index (χ3v) is 5.55. The highest BCUT2D eigenvalue weighted by molar-refractivity contribution is 7.91. The molecule has 4 nitrogen and oxygen atoms in total. The first-order chi connectivity index (χ1) is 11.2. The smallest absolute Gasteiger partial charge is 0.312 e. The van der Waals surface area contributed by atoms with E-state index in [0.29, 0.717) is 10.8 Å². The maximum absolute atomic E-state index is 12.2. The average molecular weight is 367 g/mol. The average Bonchev–Trinajstić information content (AvgIpc) is 2.49. The van der Waals surface area contributed by atoms with E-state index in [9.17, 15) is 13.2 Å². The Morgan fingerprint density at radius 2 is 1.58 bits per heavy atom. The fourth-order valence-corrected chi connectivity index (χ4v) is 3.82. The number of benzene rings is 2. The summed E-state index contributed by atoms with van der Waals surface area (Å²) in [4.78, 5) is 12.2. The molecule has 0 N–H and O–H groups in total. The third-order valence-electron chi connectivity index (χ3n) is 3.57. The first-order valence-corrected chi connectivity index (χ1v) is 9.49. The lowest BCUT2D eigenvalue weighted by Gasteiger charge is -2.11. The Hall–Kier alpha value is -1.85. The zero-order valence-electron chi connectivity index (χ0n) is 13.8. The first kappa shape index (κ1) is 18.5. The summed E-state index contributed by atoms with van der Waals surface area (Å²) in [5.74, 6) is -0.380. The number of carbonyl (C=O) groups is 1. The number of rotatable bonds is 5. The van der Waals surface area contributed by atoms with Crippen molar-refractivity contribution in [1.29, 1.82) is 0 Å². The molecule has 0 spiro atoms. The highest BCUT2D eigenvalue weighted by atomic mass is 35.5. The molecule has 0 bridgehead atoms. The van der Waals surface area contributed by atoms with Crippen molar-refractivity contribution in [2.45, 2.75) is 32.1 Å². The lowest BCUT2D eigenvalue weighted by atomic mass is 10.1. The minimum Gasteiger partial charge on any atom is -0.426 e. The molecule has 0 radical (unpaired) electrons. The summed E-state index contributed by atoms with van der Waals surface area (Å²) in [6.07, 6.45) is -0.211. The van der Waals surface area contributed by atoms with E-state index in [1.807, 2.05) is 32.9 Å². The summed E-state index contributed by atoms with van der Waals surface area (Å²) in [5.41, 5.74) is 2.78. The largest absolute Gasteiger partial charge is 0.426 e. The second-order valence-electron chi connectivity index (χ2n) is 5.72. The quantitative estimate of drug-likeness (QED) is 0.592. The number of aryl methyl sites for hydroxylation is 3. The van der Waals surface area contributed by atoms with Crippen LogP contribution in [0.5, 0.6) is 5.75 Å². The van der Waals surface area contributed by atoms with Gasteiger partial charge in [0.2, 0.25) is 0 Å². The maximum atomic E-state index is 12.2. The Morgan fingerprint density at radius 3 is 2.12 bits per heavy atom. The van der Waals surface area contributed by atoms with Gasteiger partial charge in [-0.25, -0.2) is 8.42 Å². The molecule has 0 unspecified atom stereocenters. The van der Waals surface area contributed by atoms with Crippen molar-refractivity contribution >= 4 is 27.4 Å². The number of ether oxygens (including phenoxy) is 1. The van der Waals surface area contributed by atoms with Gasteiger partial charge in [-0.15, -0.1) is 0 Å². The number of hydrogen-bond donors (Lipinski definition) is 0. The van der Waals surface area contributed by atoms with Crippen LogP contribution in [-0.2, 0) is 14.6 Å². The van der Waals surface area contributed by atoms with E-state index >= 15 is 0 Å². The number of hydrogen-bond acceptors (Lipinski definition) is 4. The van der Waals surface area contributed by atoms with Crippen LogP contribution >= 0.6 is 11.6 Å². The van der Waals surface area contributed by atoms with Gasteiger partial charge in [0.05, 0.1) is 17.1 Å². The monoisotopic (exact) mass is 366 g/mol. The van der Waals surface area contributed by atoms with E-state index < -0.39 is 15.8 Å². The summed E-state index contributed by atoms with van der Waals surface area (Å²) < 4.78 is 29.8. The summed E-state index contributed by atoms with van der Waals surface area (Å²) in [5, 5.41) is 0.457. The van der Waals surface area contributed by atoms with Gasteiger partial charge in [0.1, 0.15) is 5.75 Å². The zero-order valence-corrected chi connectivity index (χ0v) is 15.4. The minimum atomic E-state index is -3.55. The Labute approximate surface area is 147 Å². The molecule has 2 rings (SSSR count). The normalized spacial score (nSPS) is 11.3. The predicted octanol–water partition coefficient (Wildman–Crippen LogP) is 4.03. The standard InChI is InChI=1S/C18H19ClO4S/c1-12-10-13(2)18(14(3)11-12)23-17(20)8-9-24(21,22)16-6-4-15(19)5-7-16/h4-7,10-11H,8-9H2,1-3H3. The van der Waals surface area contributed by atoms with Crippen molar-refractivity contribution in [2.24, 2.45) is 0 Å². The van der Waals surface area contributed by atoms with Gasteiger partial charge in [0.25, 0.3) is 0 Å². The van der Waals surface area contributed by atoms with E-state index in [0.717, 1.165) is 16.7 Å². The van der Waals surface area contributed by atoms with Crippen LogP contribution in [0.1, 0.15) is 23.1 Å². The fraction of sp³-hybridized carbons (Fsp3) is 0.278. The van der Waals surface area contributed by atoms with Crippen LogP contribution in [0, 0.1) is 20.8 Å². The molecule has 0 aromatic heterocycles. The van der Waals surface area contributed by atoms with Crippen LogP contribution in [-0.4, -0.2) is 20.1 Å². The van der Waals surface area contributed by atoms with Gasteiger partial charge in [-0.05, 0) is 56.2 Å². The van der Waals surface area contributed by atoms with Gasteiger partial charge in [-0.3, -0.25) is 4.79 Å². The lowest BCUT2D eigenvalue weighted by molar-refractivity contribution is -0.134. The zero-order chi connectivity index (χ0) is 17.9. The van der Waals surface area contributed by atoms with Gasteiger partial charge in [0.15, 0.2) is 9.84 Å². The Bertz CT molecular complexity index is 832. The van der Waals surface area contributed by atoms with Crippen LogP contribution in [0.4, 0.5) is 0 Å². The molecule has 0 aliphatic carbocycles. The van der Waals surface area contributed by atoms with Crippen molar-refractivity contribution in [3.63, 3.8) is 0 Å². The first-order valence-electron chi connectivity index (χ1n) is 7.46. The topological polar surface area (TPSA) is 60.4 Å². The summed E-state index contributed by atoms with van der Waals surface area (Å²) in [6, 6.07) is 9.70. The molecule has 24 heavy (non-hydrogen) atoms. The van der Waals surface area contributed by atoms with Crippen LogP contribution in [0.3, 0.4) is 0 Å². The SMILES string of the molecule is Cc1cc(C)c(OC(=O)CCS(=O)(=O)c2ccc(Cl)cc2)c(C)c1. The molecule has 0 amide bonds. The molecule has 0 aliphatic rings. The fourth-order valence-electron chi connectivity index (χ4n) is 2.47. The Morgan fingerprint density at radius 1 is 1.04 bits per heavy atom. The lowest BCUT2D eigenvalue weighted by Crippen LogP contribution is -2.16. The number of sulfone groups is 1. The van der Waals surface area contributed by atoms with Gasteiger partial charge in [-0.1, -0.05) is 29.3 Å². The summed E-state index contributed by atoms with van der Waals surface area (Å²) in [6.45, 7) is 5.67. The Balaban J connectivity index is 2.04. The highest BCUT2D eigenvalue weighted by Crippen LogP contribution is 2.25. The van der Waals surface area contributed by atoms with Gasteiger partial charge in [0, 0.05) is 5.02 Å².